The molecule has 4 aromatic heterocycles. The van der Waals surface area contributed by atoms with Crippen LogP contribution in [0.5, 0.6) is 0 Å². The predicted molar refractivity (Wildman–Crippen MR) is 138 cm³/mol. The number of anilines is 1. The Bertz CT molecular complexity index is 1380. The van der Waals surface area contributed by atoms with Crippen molar-refractivity contribution in [2.75, 3.05) is 31.1 Å². The van der Waals surface area contributed by atoms with Crippen molar-refractivity contribution < 1.29 is 0 Å². The first-order valence-electron chi connectivity index (χ1n) is 11.5. The second-order valence-corrected chi connectivity index (χ2v) is 9.44. The van der Waals surface area contributed by atoms with Gasteiger partial charge in [-0.2, -0.15) is 0 Å². The van der Waals surface area contributed by atoms with Crippen molar-refractivity contribution in [3.8, 4) is 22.0 Å². The zero-order valence-electron chi connectivity index (χ0n) is 18.7. The minimum Gasteiger partial charge on any atom is -0.353 e. The van der Waals surface area contributed by atoms with E-state index in [2.05, 4.69) is 56.2 Å². The monoisotopic (exact) mass is 464 g/mol. The summed E-state index contributed by atoms with van der Waals surface area (Å²) in [7, 11) is 0. The molecule has 1 saturated heterocycles. The Morgan fingerprint density at radius 3 is 2.44 bits per heavy atom. The molecule has 0 saturated carbocycles. The van der Waals surface area contributed by atoms with Gasteiger partial charge in [-0.25, -0.2) is 9.97 Å². The van der Waals surface area contributed by atoms with Crippen LogP contribution >= 0.6 is 11.3 Å². The Morgan fingerprint density at radius 2 is 1.68 bits per heavy atom. The van der Waals surface area contributed by atoms with Gasteiger partial charge in [0, 0.05) is 56.2 Å². The van der Waals surface area contributed by atoms with E-state index in [9.17, 15) is 0 Å². The van der Waals surface area contributed by atoms with Crippen LogP contribution in [0.2, 0.25) is 0 Å². The molecule has 1 aromatic carbocycles. The van der Waals surface area contributed by atoms with Gasteiger partial charge < -0.3 is 4.90 Å². The summed E-state index contributed by atoms with van der Waals surface area (Å²) in [6.45, 7) is 4.73. The van der Waals surface area contributed by atoms with Crippen LogP contribution < -0.4 is 4.90 Å². The predicted octanol–water partition coefficient (Wildman–Crippen LogP) is 5.14. The van der Waals surface area contributed by atoms with Gasteiger partial charge in [-0.1, -0.05) is 42.5 Å². The molecule has 0 bridgehead atoms. The van der Waals surface area contributed by atoms with Crippen molar-refractivity contribution in [2.45, 2.75) is 6.54 Å². The molecule has 1 fully saturated rings. The van der Waals surface area contributed by atoms with Gasteiger partial charge in [0.05, 0.1) is 5.39 Å². The molecule has 7 heteroatoms. The Labute approximate surface area is 202 Å². The largest absolute Gasteiger partial charge is 0.353 e. The first-order valence-corrected chi connectivity index (χ1v) is 12.3. The van der Waals surface area contributed by atoms with E-state index in [1.165, 1.54) is 16.0 Å². The zero-order valence-corrected chi connectivity index (χ0v) is 19.5. The lowest BCUT2D eigenvalue weighted by Crippen LogP contribution is -2.46. The standard InChI is InChI=1S/C27H24N6S/c1-2-8-21(9-3-1)24-17-22-26(30-25(31-27(22)34-24)23-10-4-5-12-29-23)33-15-13-32(14-16-33)19-20-7-6-11-28-18-20/h1-12,17-18H,13-16,19H2. The SMILES string of the molecule is c1ccc(-c2cc3c(N4CCN(Cc5cccnc5)CC4)nc(-c4ccccn4)nc3s2)cc1. The Kier molecular flexibility index (Phi) is 5.71. The molecule has 6 nitrogen and oxygen atoms in total. The van der Waals surface area contributed by atoms with E-state index in [1.807, 2.05) is 42.7 Å². The van der Waals surface area contributed by atoms with Crippen LogP contribution in [0.4, 0.5) is 5.82 Å². The molecule has 0 atom stereocenters. The van der Waals surface area contributed by atoms with Crippen molar-refractivity contribution in [3.63, 3.8) is 0 Å². The van der Waals surface area contributed by atoms with Crippen molar-refractivity contribution in [1.82, 2.24) is 24.8 Å². The highest BCUT2D eigenvalue weighted by molar-refractivity contribution is 7.22. The second kappa shape index (κ2) is 9.29. The maximum absolute atomic E-state index is 5.04. The first kappa shape index (κ1) is 20.9. The van der Waals surface area contributed by atoms with Gasteiger partial charge in [-0.3, -0.25) is 14.9 Å². The van der Waals surface area contributed by atoms with E-state index in [-0.39, 0.29) is 0 Å². The molecular weight excluding hydrogens is 440 g/mol. The van der Waals surface area contributed by atoms with E-state index >= 15 is 0 Å². The topological polar surface area (TPSA) is 58.0 Å². The van der Waals surface area contributed by atoms with Crippen LogP contribution in [0.1, 0.15) is 5.56 Å². The van der Waals surface area contributed by atoms with Crippen LogP contribution in [-0.2, 0) is 6.54 Å². The van der Waals surface area contributed by atoms with E-state index < -0.39 is 0 Å². The van der Waals surface area contributed by atoms with Gasteiger partial charge >= 0.3 is 0 Å². The molecule has 0 spiro atoms. The Balaban J connectivity index is 1.34. The molecule has 1 aliphatic rings. The van der Waals surface area contributed by atoms with Crippen LogP contribution in [-0.4, -0.2) is 51.0 Å². The third-order valence-corrected chi connectivity index (χ3v) is 7.20. The summed E-state index contributed by atoms with van der Waals surface area (Å²) >= 11 is 1.72. The average Bonchev–Trinajstić information content (AvgIpc) is 3.35. The summed E-state index contributed by atoms with van der Waals surface area (Å²) in [5, 5.41) is 1.12. The summed E-state index contributed by atoms with van der Waals surface area (Å²) in [5.41, 5.74) is 3.26. The minimum absolute atomic E-state index is 0.683. The average molecular weight is 465 g/mol. The van der Waals surface area contributed by atoms with Crippen molar-refractivity contribution in [1.29, 1.82) is 0 Å². The summed E-state index contributed by atoms with van der Waals surface area (Å²) in [6, 6.07) is 22.8. The maximum Gasteiger partial charge on any atom is 0.181 e. The van der Waals surface area contributed by atoms with Gasteiger partial charge in [0.15, 0.2) is 5.82 Å². The van der Waals surface area contributed by atoms with E-state index in [0.29, 0.717) is 5.82 Å². The molecule has 0 N–H and O–H groups in total. The lowest BCUT2D eigenvalue weighted by atomic mass is 10.1. The van der Waals surface area contributed by atoms with Crippen LogP contribution in [0.3, 0.4) is 0 Å². The number of benzene rings is 1. The van der Waals surface area contributed by atoms with Crippen molar-refractivity contribution >= 4 is 27.4 Å². The van der Waals surface area contributed by atoms with E-state index in [0.717, 1.165) is 54.5 Å². The molecule has 0 unspecified atom stereocenters. The van der Waals surface area contributed by atoms with Crippen molar-refractivity contribution in [3.05, 3.63) is 90.9 Å². The number of nitrogens with zero attached hydrogens (tertiary/aromatic N) is 6. The summed E-state index contributed by atoms with van der Waals surface area (Å²) < 4.78 is 0. The normalized spacial score (nSPS) is 14.5. The van der Waals surface area contributed by atoms with Crippen LogP contribution in [0, 0.1) is 0 Å². The lowest BCUT2D eigenvalue weighted by Gasteiger charge is -2.35. The Hall–Kier alpha value is -3.68. The number of rotatable bonds is 5. The minimum atomic E-state index is 0.683. The van der Waals surface area contributed by atoms with Gasteiger partial charge in [0.2, 0.25) is 0 Å². The molecule has 168 valence electrons. The third kappa shape index (κ3) is 4.27. The van der Waals surface area contributed by atoms with E-state index in [4.69, 9.17) is 9.97 Å². The number of hydrogen-bond acceptors (Lipinski definition) is 7. The molecule has 5 heterocycles. The summed E-state index contributed by atoms with van der Waals surface area (Å²) in [5.74, 6) is 1.69. The van der Waals surface area contributed by atoms with Crippen LogP contribution in [0.25, 0.3) is 32.2 Å². The van der Waals surface area contributed by atoms with E-state index in [1.54, 1.807) is 17.5 Å². The molecule has 0 amide bonds. The van der Waals surface area contributed by atoms with Gasteiger partial charge in [-0.05, 0) is 35.4 Å². The molecular formula is C27H24N6S. The van der Waals surface area contributed by atoms with Crippen LogP contribution in [0.15, 0.2) is 85.3 Å². The fraction of sp³-hybridized carbons (Fsp3) is 0.185. The molecule has 0 radical (unpaired) electrons. The lowest BCUT2D eigenvalue weighted by molar-refractivity contribution is 0.249. The smallest absolute Gasteiger partial charge is 0.181 e. The van der Waals surface area contributed by atoms with Crippen molar-refractivity contribution in [2.24, 2.45) is 0 Å². The number of aromatic nitrogens is 4. The Morgan fingerprint density at radius 1 is 0.824 bits per heavy atom. The van der Waals surface area contributed by atoms with Gasteiger partial charge in [0.1, 0.15) is 16.3 Å². The fourth-order valence-corrected chi connectivity index (χ4v) is 5.40. The zero-order chi connectivity index (χ0) is 22.7. The number of piperazine rings is 1. The molecule has 6 rings (SSSR count). The van der Waals surface area contributed by atoms with Gasteiger partial charge in [-0.15, -0.1) is 11.3 Å². The second-order valence-electron chi connectivity index (χ2n) is 8.41. The molecule has 5 aromatic rings. The quantitative estimate of drug-likeness (QED) is 0.359. The highest BCUT2D eigenvalue weighted by atomic mass is 32.1. The molecule has 34 heavy (non-hydrogen) atoms. The highest BCUT2D eigenvalue weighted by Gasteiger charge is 2.23. The summed E-state index contributed by atoms with van der Waals surface area (Å²) in [6.07, 6.45) is 5.57. The first-order chi connectivity index (χ1) is 16.8. The molecule has 0 aliphatic carbocycles. The number of hydrogen-bond donors (Lipinski definition) is 0. The number of fused-ring (bicyclic) bond motifs is 1. The number of pyridine rings is 2. The highest BCUT2D eigenvalue weighted by Crippen LogP contribution is 2.38. The number of thiophene rings is 1. The fourth-order valence-electron chi connectivity index (χ4n) is 4.37. The summed E-state index contributed by atoms with van der Waals surface area (Å²) in [4.78, 5) is 25.8. The third-order valence-electron chi connectivity index (χ3n) is 6.13. The molecule has 1 aliphatic heterocycles. The van der Waals surface area contributed by atoms with Gasteiger partial charge in [0.25, 0.3) is 0 Å². The maximum atomic E-state index is 5.04.